The summed E-state index contributed by atoms with van der Waals surface area (Å²) in [5, 5.41) is 9.99. The molecule has 1 saturated carbocycles. The molecule has 3 N–H and O–H groups in total. The maximum absolute atomic E-state index is 9.99. The van der Waals surface area contributed by atoms with Crippen molar-refractivity contribution >= 4 is 0 Å². The maximum atomic E-state index is 9.99. The molecular formula is C11H22N2O2. The summed E-state index contributed by atoms with van der Waals surface area (Å²) in [6, 6.07) is 0.511. The number of aliphatic hydroxyl groups is 1. The van der Waals surface area contributed by atoms with Gasteiger partial charge >= 0.3 is 0 Å². The van der Waals surface area contributed by atoms with E-state index in [0.29, 0.717) is 25.2 Å². The van der Waals surface area contributed by atoms with Crippen LogP contribution in [0, 0.1) is 0 Å². The number of hydrogen-bond acceptors (Lipinski definition) is 4. The van der Waals surface area contributed by atoms with E-state index in [2.05, 4.69) is 4.90 Å². The number of nitrogens with two attached hydrogens (primary N) is 1. The number of morpholine rings is 1. The highest BCUT2D eigenvalue weighted by Crippen LogP contribution is 2.30. The summed E-state index contributed by atoms with van der Waals surface area (Å²) in [5.74, 6) is 0. The van der Waals surface area contributed by atoms with Gasteiger partial charge in [-0.25, -0.2) is 0 Å². The van der Waals surface area contributed by atoms with Crippen molar-refractivity contribution in [3.63, 3.8) is 0 Å². The van der Waals surface area contributed by atoms with Crippen molar-refractivity contribution in [2.45, 2.75) is 43.9 Å². The van der Waals surface area contributed by atoms with Crippen molar-refractivity contribution in [1.82, 2.24) is 4.90 Å². The van der Waals surface area contributed by atoms with Crippen LogP contribution in [0.3, 0.4) is 0 Å². The van der Waals surface area contributed by atoms with E-state index in [4.69, 9.17) is 10.5 Å². The Labute approximate surface area is 91.4 Å². The zero-order chi connectivity index (χ0) is 10.9. The second-order valence-corrected chi connectivity index (χ2v) is 5.08. The molecule has 0 bridgehead atoms. The molecule has 4 heteroatoms. The third-order valence-electron chi connectivity index (χ3n) is 3.58. The Kier molecular flexibility index (Phi) is 3.30. The first-order valence-electron chi connectivity index (χ1n) is 5.90. The topological polar surface area (TPSA) is 58.7 Å². The predicted molar refractivity (Wildman–Crippen MR) is 58.6 cm³/mol. The van der Waals surface area contributed by atoms with E-state index < -0.39 is 5.60 Å². The summed E-state index contributed by atoms with van der Waals surface area (Å²) in [6.07, 6.45) is 4.01. The lowest BCUT2D eigenvalue weighted by Crippen LogP contribution is -2.55. The van der Waals surface area contributed by atoms with E-state index in [-0.39, 0.29) is 0 Å². The van der Waals surface area contributed by atoms with Gasteiger partial charge in [-0.15, -0.1) is 0 Å². The second-order valence-electron chi connectivity index (χ2n) is 5.08. The fraction of sp³-hybridized carbons (Fsp3) is 1.00. The van der Waals surface area contributed by atoms with E-state index in [1.807, 2.05) is 6.92 Å². The average molecular weight is 214 g/mol. The minimum absolute atomic E-state index is 0.321. The minimum Gasteiger partial charge on any atom is -0.388 e. The van der Waals surface area contributed by atoms with Crippen LogP contribution < -0.4 is 5.73 Å². The van der Waals surface area contributed by atoms with Crippen LogP contribution in [0.25, 0.3) is 0 Å². The van der Waals surface area contributed by atoms with Crippen molar-refractivity contribution in [2.75, 3.05) is 26.2 Å². The first kappa shape index (κ1) is 11.3. The summed E-state index contributed by atoms with van der Waals surface area (Å²) < 4.78 is 5.73. The highest BCUT2D eigenvalue weighted by molar-refractivity contribution is 4.92. The van der Waals surface area contributed by atoms with Crippen molar-refractivity contribution in [3.8, 4) is 0 Å². The molecule has 3 unspecified atom stereocenters. The number of nitrogens with zero attached hydrogens (tertiary/aromatic N) is 1. The van der Waals surface area contributed by atoms with Gasteiger partial charge in [0.25, 0.3) is 0 Å². The SMILES string of the molecule is CC(O)(CN)CN1CCOC2CCCC21. The Bertz CT molecular complexity index is 221. The monoisotopic (exact) mass is 214 g/mol. The molecule has 2 rings (SSSR count). The lowest BCUT2D eigenvalue weighted by molar-refractivity contribution is -0.0816. The predicted octanol–water partition coefficient (Wildman–Crippen LogP) is -0.0506. The van der Waals surface area contributed by atoms with E-state index >= 15 is 0 Å². The van der Waals surface area contributed by atoms with Crippen molar-refractivity contribution in [3.05, 3.63) is 0 Å². The van der Waals surface area contributed by atoms with E-state index in [9.17, 15) is 5.11 Å². The molecule has 0 radical (unpaired) electrons. The molecule has 0 aromatic rings. The lowest BCUT2D eigenvalue weighted by atomic mass is 10.0. The van der Waals surface area contributed by atoms with Gasteiger partial charge in [-0.3, -0.25) is 4.90 Å². The van der Waals surface area contributed by atoms with Crippen LogP contribution in [0.5, 0.6) is 0 Å². The zero-order valence-electron chi connectivity index (χ0n) is 9.48. The Hall–Kier alpha value is -0.160. The van der Waals surface area contributed by atoms with Gasteiger partial charge in [-0.1, -0.05) is 0 Å². The molecule has 0 amide bonds. The second kappa shape index (κ2) is 4.37. The van der Waals surface area contributed by atoms with Gasteiger partial charge in [-0.05, 0) is 26.2 Å². The summed E-state index contributed by atoms with van der Waals surface area (Å²) in [4.78, 5) is 2.36. The van der Waals surface area contributed by atoms with Crippen LogP contribution in [0.4, 0.5) is 0 Å². The summed E-state index contributed by atoms with van der Waals surface area (Å²) in [5.41, 5.74) is 4.79. The Morgan fingerprint density at radius 2 is 2.33 bits per heavy atom. The molecule has 0 aromatic carbocycles. The van der Waals surface area contributed by atoms with Crippen LogP contribution in [0.15, 0.2) is 0 Å². The molecule has 2 aliphatic rings. The fourth-order valence-electron chi connectivity index (χ4n) is 2.70. The Balaban J connectivity index is 1.96. The highest BCUT2D eigenvalue weighted by atomic mass is 16.5. The standard InChI is InChI=1S/C11H22N2O2/c1-11(14,7-12)8-13-5-6-15-10-4-2-3-9(10)13/h9-10,14H,2-8,12H2,1H3. The fourth-order valence-corrected chi connectivity index (χ4v) is 2.70. The van der Waals surface area contributed by atoms with E-state index in [0.717, 1.165) is 13.2 Å². The highest BCUT2D eigenvalue weighted by Gasteiger charge is 2.38. The summed E-state index contributed by atoms with van der Waals surface area (Å²) in [6.45, 7) is 4.53. The van der Waals surface area contributed by atoms with Gasteiger partial charge in [0.15, 0.2) is 0 Å². The van der Waals surface area contributed by atoms with Crippen LogP contribution in [0.2, 0.25) is 0 Å². The molecule has 4 nitrogen and oxygen atoms in total. The first-order valence-corrected chi connectivity index (χ1v) is 5.90. The number of rotatable bonds is 3. The third-order valence-corrected chi connectivity index (χ3v) is 3.58. The van der Waals surface area contributed by atoms with E-state index in [1.165, 1.54) is 19.3 Å². The summed E-state index contributed by atoms with van der Waals surface area (Å²) in [7, 11) is 0. The number of fused-ring (bicyclic) bond motifs is 1. The van der Waals surface area contributed by atoms with Crippen molar-refractivity contribution in [2.24, 2.45) is 5.73 Å². The summed E-state index contributed by atoms with van der Waals surface area (Å²) >= 11 is 0. The van der Waals surface area contributed by atoms with Crippen LogP contribution in [-0.2, 0) is 4.74 Å². The molecular weight excluding hydrogens is 192 g/mol. The molecule has 2 fully saturated rings. The zero-order valence-corrected chi connectivity index (χ0v) is 9.48. The van der Waals surface area contributed by atoms with Gasteiger partial charge in [0, 0.05) is 25.7 Å². The molecule has 1 saturated heterocycles. The molecule has 1 aliphatic carbocycles. The van der Waals surface area contributed by atoms with E-state index in [1.54, 1.807) is 0 Å². The van der Waals surface area contributed by atoms with Gasteiger partial charge in [0.05, 0.1) is 18.3 Å². The van der Waals surface area contributed by atoms with Crippen molar-refractivity contribution in [1.29, 1.82) is 0 Å². The molecule has 1 aliphatic heterocycles. The van der Waals surface area contributed by atoms with Crippen LogP contribution in [0.1, 0.15) is 26.2 Å². The minimum atomic E-state index is -0.759. The number of ether oxygens (including phenoxy) is 1. The van der Waals surface area contributed by atoms with Crippen LogP contribution in [-0.4, -0.2) is 54.0 Å². The molecule has 0 spiro atoms. The Morgan fingerprint density at radius 1 is 1.53 bits per heavy atom. The quantitative estimate of drug-likeness (QED) is 0.691. The van der Waals surface area contributed by atoms with Crippen molar-refractivity contribution < 1.29 is 9.84 Å². The van der Waals surface area contributed by atoms with Gasteiger partial charge in [0.2, 0.25) is 0 Å². The smallest absolute Gasteiger partial charge is 0.0867 e. The molecule has 3 atom stereocenters. The van der Waals surface area contributed by atoms with Crippen LogP contribution >= 0.6 is 0 Å². The third kappa shape index (κ3) is 2.50. The molecule has 15 heavy (non-hydrogen) atoms. The van der Waals surface area contributed by atoms with Gasteiger partial charge in [-0.2, -0.15) is 0 Å². The van der Waals surface area contributed by atoms with Gasteiger partial charge < -0.3 is 15.6 Å². The van der Waals surface area contributed by atoms with Gasteiger partial charge in [0.1, 0.15) is 0 Å². The Morgan fingerprint density at radius 3 is 3.07 bits per heavy atom. The molecule has 88 valence electrons. The maximum Gasteiger partial charge on any atom is 0.0867 e. The largest absolute Gasteiger partial charge is 0.388 e. The normalized spacial score (nSPS) is 36.2. The number of hydrogen-bond donors (Lipinski definition) is 2. The average Bonchev–Trinajstić information content (AvgIpc) is 2.66. The lowest BCUT2D eigenvalue weighted by Gasteiger charge is -2.40. The molecule has 1 heterocycles. The number of β-amino-alcohol motifs (C(OH)–C–C–N with tert-alkyl or cyclic N) is 1. The molecule has 0 aromatic heterocycles. The first-order chi connectivity index (χ1) is 7.12.